The Kier molecular flexibility index (Phi) is 5.57. The molecule has 0 spiro atoms. The molecule has 0 fully saturated rings. The quantitative estimate of drug-likeness (QED) is 0.652. The van der Waals surface area contributed by atoms with Crippen LogP contribution in [-0.2, 0) is 0 Å². The molecule has 1 heteroatoms. The number of hydrogen-bond acceptors (Lipinski definition) is 1. The van der Waals surface area contributed by atoms with E-state index in [0.29, 0.717) is 11.8 Å². The summed E-state index contributed by atoms with van der Waals surface area (Å²) in [6, 6.07) is 0. The summed E-state index contributed by atoms with van der Waals surface area (Å²) in [5.41, 5.74) is 0. The third kappa shape index (κ3) is 3.24. The zero-order valence-electron chi connectivity index (χ0n) is 8.30. The van der Waals surface area contributed by atoms with Gasteiger partial charge in [-0.2, -0.15) is 0 Å². The van der Waals surface area contributed by atoms with Crippen molar-refractivity contribution in [3.8, 4) is 0 Å². The highest BCUT2D eigenvalue weighted by Gasteiger charge is 2.20. The minimum absolute atomic E-state index is 0.0880. The molecule has 0 aliphatic heterocycles. The molecule has 0 radical (unpaired) electrons. The number of aliphatic hydroxyl groups is 1. The lowest BCUT2D eigenvalue weighted by atomic mass is 9.84. The van der Waals surface area contributed by atoms with E-state index in [1.807, 2.05) is 0 Å². The second-order valence-electron chi connectivity index (χ2n) is 3.43. The van der Waals surface area contributed by atoms with E-state index >= 15 is 0 Å². The molecule has 1 N–H and O–H groups in total. The average molecular weight is 158 g/mol. The highest BCUT2D eigenvalue weighted by atomic mass is 16.3. The molecule has 0 aromatic heterocycles. The molecule has 0 aliphatic rings. The van der Waals surface area contributed by atoms with Crippen molar-refractivity contribution in [2.24, 2.45) is 11.8 Å². The average Bonchev–Trinajstić information content (AvgIpc) is 2.05. The molecule has 3 unspecified atom stereocenters. The molecule has 0 aromatic carbocycles. The predicted octanol–water partition coefficient (Wildman–Crippen LogP) is 2.83. The van der Waals surface area contributed by atoms with E-state index in [1.165, 1.54) is 6.42 Å². The van der Waals surface area contributed by atoms with Crippen molar-refractivity contribution in [1.82, 2.24) is 0 Å². The summed E-state index contributed by atoms with van der Waals surface area (Å²) in [5.74, 6) is 1.17. The monoisotopic (exact) mass is 158 g/mol. The van der Waals surface area contributed by atoms with Crippen molar-refractivity contribution in [1.29, 1.82) is 0 Å². The van der Waals surface area contributed by atoms with Gasteiger partial charge in [-0.1, -0.05) is 40.5 Å². The molecule has 0 heterocycles. The fourth-order valence-electron chi connectivity index (χ4n) is 1.66. The zero-order valence-corrected chi connectivity index (χ0v) is 8.30. The van der Waals surface area contributed by atoms with Crippen LogP contribution in [0.3, 0.4) is 0 Å². The maximum atomic E-state index is 9.62. The highest BCUT2D eigenvalue weighted by Crippen LogP contribution is 2.23. The van der Waals surface area contributed by atoms with E-state index in [-0.39, 0.29) is 6.10 Å². The van der Waals surface area contributed by atoms with Gasteiger partial charge in [0, 0.05) is 0 Å². The number of aliphatic hydroxyl groups excluding tert-OH is 1. The first kappa shape index (κ1) is 11.0. The third-order valence-corrected chi connectivity index (χ3v) is 2.76. The maximum Gasteiger partial charge on any atom is 0.0568 e. The summed E-state index contributed by atoms with van der Waals surface area (Å²) < 4.78 is 0. The first-order valence-corrected chi connectivity index (χ1v) is 4.85. The van der Waals surface area contributed by atoms with Gasteiger partial charge in [-0.15, -0.1) is 0 Å². The summed E-state index contributed by atoms with van der Waals surface area (Å²) >= 11 is 0. The van der Waals surface area contributed by atoms with Gasteiger partial charge in [0.2, 0.25) is 0 Å². The minimum Gasteiger partial charge on any atom is -0.393 e. The molecule has 68 valence electrons. The van der Waals surface area contributed by atoms with Crippen LogP contribution in [-0.4, -0.2) is 11.2 Å². The van der Waals surface area contributed by atoms with Crippen LogP contribution >= 0.6 is 0 Å². The fourth-order valence-corrected chi connectivity index (χ4v) is 1.66. The lowest BCUT2D eigenvalue weighted by Crippen LogP contribution is -2.24. The van der Waals surface area contributed by atoms with Crippen LogP contribution in [0.4, 0.5) is 0 Å². The van der Waals surface area contributed by atoms with Gasteiger partial charge in [0.1, 0.15) is 0 Å². The zero-order chi connectivity index (χ0) is 8.85. The van der Waals surface area contributed by atoms with Gasteiger partial charge >= 0.3 is 0 Å². The second kappa shape index (κ2) is 5.59. The molecule has 3 atom stereocenters. The van der Waals surface area contributed by atoms with Gasteiger partial charge in [-0.25, -0.2) is 0 Å². The molecule has 0 saturated carbocycles. The Hall–Kier alpha value is -0.0400. The molecule has 0 aromatic rings. The maximum absolute atomic E-state index is 9.62. The molecule has 11 heavy (non-hydrogen) atoms. The van der Waals surface area contributed by atoms with Crippen LogP contribution in [0.25, 0.3) is 0 Å². The van der Waals surface area contributed by atoms with Crippen molar-refractivity contribution in [3.63, 3.8) is 0 Å². The first-order chi connectivity index (χ1) is 5.17. The molecule has 0 amide bonds. The van der Waals surface area contributed by atoms with Crippen molar-refractivity contribution in [2.75, 3.05) is 0 Å². The van der Waals surface area contributed by atoms with Gasteiger partial charge in [-0.05, 0) is 18.3 Å². The van der Waals surface area contributed by atoms with Gasteiger partial charge in [0.05, 0.1) is 6.10 Å². The standard InChI is InChI=1S/C10H22O/c1-5-8(4)9(6-2)10(11)7-3/h8-11H,5-7H2,1-4H3. The Bertz CT molecular complexity index is 80.9. The predicted molar refractivity (Wildman–Crippen MR) is 49.5 cm³/mol. The summed E-state index contributed by atoms with van der Waals surface area (Å²) in [7, 11) is 0. The van der Waals surface area contributed by atoms with Crippen molar-refractivity contribution in [2.45, 2.75) is 53.1 Å². The highest BCUT2D eigenvalue weighted by molar-refractivity contribution is 4.70. The van der Waals surface area contributed by atoms with Gasteiger partial charge in [0.15, 0.2) is 0 Å². The first-order valence-electron chi connectivity index (χ1n) is 4.85. The molecule has 1 nitrogen and oxygen atoms in total. The van der Waals surface area contributed by atoms with E-state index in [9.17, 15) is 5.11 Å². The Balaban J connectivity index is 3.92. The fraction of sp³-hybridized carbons (Fsp3) is 1.00. The Morgan fingerprint density at radius 2 is 1.55 bits per heavy atom. The van der Waals surface area contributed by atoms with E-state index in [2.05, 4.69) is 27.7 Å². The molecule has 0 rings (SSSR count). The van der Waals surface area contributed by atoms with Crippen molar-refractivity contribution >= 4 is 0 Å². The number of hydrogen-bond donors (Lipinski definition) is 1. The SMILES string of the molecule is CCC(C)C(CC)C(O)CC. The van der Waals surface area contributed by atoms with E-state index < -0.39 is 0 Å². The van der Waals surface area contributed by atoms with Crippen LogP contribution < -0.4 is 0 Å². The van der Waals surface area contributed by atoms with Crippen LogP contribution in [0, 0.1) is 11.8 Å². The second-order valence-corrected chi connectivity index (χ2v) is 3.43. The van der Waals surface area contributed by atoms with Crippen LogP contribution in [0.5, 0.6) is 0 Å². The van der Waals surface area contributed by atoms with Gasteiger partial charge < -0.3 is 5.11 Å². The number of rotatable bonds is 5. The van der Waals surface area contributed by atoms with E-state index in [4.69, 9.17) is 0 Å². The summed E-state index contributed by atoms with van der Waals surface area (Å²) in [4.78, 5) is 0. The minimum atomic E-state index is -0.0880. The Morgan fingerprint density at radius 3 is 1.82 bits per heavy atom. The summed E-state index contributed by atoms with van der Waals surface area (Å²) in [6.45, 7) is 8.63. The van der Waals surface area contributed by atoms with Gasteiger partial charge in [-0.3, -0.25) is 0 Å². The van der Waals surface area contributed by atoms with Crippen molar-refractivity contribution < 1.29 is 5.11 Å². The van der Waals surface area contributed by atoms with Crippen LogP contribution in [0.1, 0.15) is 47.0 Å². The lowest BCUT2D eigenvalue weighted by Gasteiger charge is -2.25. The molecular weight excluding hydrogens is 136 g/mol. The molecule has 0 saturated heterocycles. The lowest BCUT2D eigenvalue weighted by molar-refractivity contribution is 0.0697. The molecule has 0 bridgehead atoms. The Labute approximate surface area is 70.8 Å². The Morgan fingerprint density at radius 1 is 1.00 bits per heavy atom. The van der Waals surface area contributed by atoms with E-state index in [1.54, 1.807) is 0 Å². The smallest absolute Gasteiger partial charge is 0.0568 e. The topological polar surface area (TPSA) is 20.2 Å². The van der Waals surface area contributed by atoms with Crippen LogP contribution in [0.15, 0.2) is 0 Å². The summed E-state index contributed by atoms with van der Waals surface area (Å²) in [5, 5.41) is 9.62. The summed E-state index contributed by atoms with van der Waals surface area (Å²) in [6.07, 6.45) is 3.08. The van der Waals surface area contributed by atoms with E-state index in [0.717, 1.165) is 12.8 Å². The van der Waals surface area contributed by atoms with Crippen molar-refractivity contribution in [3.05, 3.63) is 0 Å². The van der Waals surface area contributed by atoms with Gasteiger partial charge in [0.25, 0.3) is 0 Å². The largest absolute Gasteiger partial charge is 0.393 e. The normalized spacial score (nSPS) is 19.4. The van der Waals surface area contributed by atoms with Crippen LogP contribution in [0.2, 0.25) is 0 Å². The molecular formula is C10H22O. The third-order valence-electron chi connectivity index (χ3n) is 2.76. The molecule has 0 aliphatic carbocycles.